The zero-order valence-corrected chi connectivity index (χ0v) is 11.4. The van der Waals surface area contributed by atoms with Crippen LogP contribution in [0.25, 0.3) is 0 Å². The van der Waals surface area contributed by atoms with Gasteiger partial charge in [0.05, 0.1) is 6.61 Å². The van der Waals surface area contributed by atoms with E-state index in [1.165, 1.54) is 25.5 Å². The molecule has 0 saturated carbocycles. The van der Waals surface area contributed by atoms with E-state index in [0.717, 1.165) is 12.8 Å². The fourth-order valence-corrected chi connectivity index (χ4v) is 1.66. The van der Waals surface area contributed by atoms with Crippen molar-refractivity contribution in [2.45, 2.75) is 45.1 Å². The molecule has 1 unspecified atom stereocenters. The van der Waals surface area contributed by atoms with Crippen molar-refractivity contribution in [1.29, 1.82) is 0 Å². The molecular weight excluding hydrogens is 246 g/mol. The first-order valence-electron chi connectivity index (χ1n) is 6.79. The van der Waals surface area contributed by atoms with E-state index in [4.69, 9.17) is 15.3 Å². The van der Waals surface area contributed by atoms with Crippen LogP contribution < -0.4 is 11.1 Å². The molecule has 0 aliphatic heterocycles. The van der Waals surface area contributed by atoms with Crippen LogP contribution in [-0.4, -0.2) is 29.1 Å². The highest BCUT2D eigenvalue weighted by molar-refractivity contribution is 5.91. The van der Waals surface area contributed by atoms with E-state index < -0.39 is 6.04 Å². The first-order chi connectivity index (χ1) is 9.19. The molecule has 0 radical (unpaired) electrons. The molecule has 1 aromatic rings. The van der Waals surface area contributed by atoms with Crippen LogP contribution in [0.5, 0.6) is 0 Å². The van der Waals surface area contributed by atoms with Gasteiger partial charge in [0.1, 0.15) is 12.3 Å². The van der Waals surface area contributed by atoms with Gasteiger partial charge in [-0.15, -0.1) is 0 Å². The maximum Gasteiger partial charge on any atom is 0.273 e. The fraction of sp³-hybridized carbons (Fsp3) is 0.692. The summed E-state index contributed by atoms with van der Waals surface area (Å²) in [7, 11) is 0. The van der Waals surface area contributed by atoms with Gasteiger partial charge in [-0.2, -0.15) is 0 Å². The molecule has 0 saturated heterocycles. The molecule has 4 N–H and O–H groups in total. The van der Waals surface area contributed by atoms with E-state index in [1.54, 1.807) is 0 Å². The number of carbonyl (C=O) groups excluding carboxylic acids is 1. The quantitative estimate of drug-likeness (QED) is 0.588. The third kappa shape index (κ3) is 5.40. The Kier molecular flexibility index (Phi) is 7.14. The van der Waals surface area contributed by atoms with Gasteiger partial charge in [0.15, 0.2) is 5.69 Å². The number of amides is 1. The topological polar surface area (TPSA) is 101 Å². The van der Waals surface area contributed by atoms with Crippen molar-refractivity contribution in [3.63, 3.8) is 0 Å². The maximum atomic E-state index is 11.7. The number of aliphatic hydroxyl groups excluding tert-OH is 1. The normalized spacial score (nSPS) is 12.4. The summed E-state index contributed by atoms with van der Waals surface area (Å²) in [4.78, 5) is 15.7. The van der Waals surface area contributed by atoms with Crippen molar-refractivity contribution in [2.24, 2.45) is 5.73 Å². The van der Waals surface area contributed by atoms with Crippen LogP contribution in [0.2, 0.25) is 0 Å². The first kappa shape index (κ1) is 15.7. The van der Waals surface area contributed by atoms with Crippen molar-refractivity contribution < 1.29 is 14.3 Å². The molecule has 1 atom stereocenters. The van der Waals surface area contributed by atoms with Crippen LogP contribution in [0.15, 0.2) is 10.7 Å². The summed E-state index contributed by atoms with van der Waals surface area (Å²) in [6, 6.07) is -0.685. The van der Waals surface area contributed by atoms with Crippen molar-refractivity contribution in [3.8, 4) is 0 Å². The number of oxazole rings is 1. The smallest absolute Gasteiger partial charge is 0.273 e. The number of carbonyl (C=O) groups is 1. The largest absolute Gasteiger partial charge is 0.446 e. The summed E-state index contributed by atoms with van der Waals surface area (Å²) < 4.78 is 5.04. The average molecular weight is 269 g/mol. The Morgan fingerprint density at radius 3 is 2.89 bits per heavy atom. The molecule has 0 bridgehead atoms. The van der Waals surface area contributed by atoms with Crippen LogP contribution >= 0.6 is 0 Å². The number of nitrogens with zero attached hydrogens (tertiary/aromatic N) is 1. The minimum atomic E-state index is -0.685. The molecule has 0 aliphatic rings. The van der Waals surface area contributed by atoms with Crippen molar-refractivity contribution in [2.75, 3.05) is 13.2 Å². The maximum absolute atomic E-state index is 11.7. The zero-order chi connectivity index (χ0) is 14.1. The number of rotatable bonds is 9. The third-order valence-electron chi connectivity index (χ3n) is 2.83. The number of hydrogen-bond acceptors (Lipinski definition) is 5. The summed E-state index contributed by atoms with van der Waals surface area (Å²) >= 11 is 0. The molecule has 0 aliphatic carbocycles. The van der Waals surface area contributed by atoms with E-state index in [-0.39, 0.29) is 24.1 Å². The number of hydrogen-bond donors (Lipinski definition) is 3. The van der Waals surface area contributed by atoms with E-state index in [2.05, 4.69) is 17.2 Å². The zero-order valence-electron chi connectivity index (χ0n) is 11.4. The standard InChI is InChI=1S/C13H23N3O3/c1-2-3-4-5-6-7-15-12(18)11-9-19-13(16-11)10(14)8-17/h9-10,17H,2-8,14H2,1H3,(H,15,18). The molecule has 1 heterocycles. The van der Waals surface area contributed by atoms with E-state index in [1.807, 2.05) is 0 Å². The summed E-state index contributed by atoms with van der Waals surface area (Å²) in [6.45, 7) is 2.54. The monoisotopic (exact) mass is 269 g/mol. The lowest BCUT2D eigenvalue weighted by molar-refractivity contribution is 0.0948. The molecule has 1 amide bonds. The van der Waals surface area contributed by atoms with Crippen molar-refractivity contribution in [1.82, 2.24) is 10.3 Å². The second-order valence-electron chi connectivity index (χ2n) is 4.53. The minimum absolute atomic E-state index is 0.176. The molecule has 0 spiro atoms. The van der Waals surface area contributed by atoms with Gasteiger partial charge >= 0.3 is 0 Å². The highest BCUT2D eigenvalue weighted by Gasteiger charge is 2.15. The Balaban J connectivity index is 2.27. The Morgan fingerprint density at radius 2 is 2.21 bits per heavy atom. The third-order valence-corrected chi connectivity index (χ3v) is 2.83. The molecule has 0 fully saturated rings. The number of nitrogens with one attached hydrogen (secondary N) is 1. The molecule has 108 valence electrons. The van der Waals surface area contributed by atoms with Crippen molar-refractivity contribution >= 4 is 5.91 Å². The Labute approximate surface area is 113 Å². The second kappa shape index (κ2) is 8.66. The Hall–Kier alpha value is -1.40. The lowest BCUT2D eigenvalue weighted by Gasteiger charge is -2.03. The highest BCUT2D eigenvalue weighted by atomic mass is 16.3. The number of aliphatic hydroxyl groups is 1. The first-order valence-corrected chi connectivity index (χ1v) is 6.79. The number of unbranched alkanes of at least 4 members (excludes halogenated alkanes) is 4. The molecule has 6 nitrogen and oxygen atoms in total. The Bertz CT molecular complexity index is 379. The van der Waals surface area contributed by atoms with Gasteiger partial charge in [-0.3, -0.25) is 4.79 Å². The van der Waals surface area contributed by atoms with Crippen LogP contribution in [0.1, 0.15) is 61.4 Å². The lowest BCUT2D eigenvalue weighted by atomic mass is 10.1. The highest BCUT2D eigenvalue weighted by Crippen LogP contribution is 2.09. The summed E-state index contributed by atoms with van der Waals surface area (Å²) in [5, 5.41) is 11.6. The van der Waals surface area contributed by atoms with Crippen molar-refractivity contribution in [3.05, 3.63) is 17.8 Å². The average Bonchev–Trinajstić information content (AvgIpc) is 2.91. The molecule has 1 aromatic heterocycles. The molecule has 6 heteroatoms. The van der Waals surface area contributed by atoms with Gasteiger partial charge in [0.2, 0.25) is 5.89 Å². The van der Waals surface area contributed by atoms with Gasteiger partial charge < -0.3 is 20.6 Å². The van der Waals surface area contributed by atoms with Crippen LogP contribution in [0.4, 0.5) is 0 Å². The summed E-state index contributed by atoms with van der Waals surface area (Å²) in [5.74, 6) is -0.0915. The van der Waals surface area contributed by atoms with Gasteiger partial charge in [0, 0.05) is 6.54 Å². The predicted molar refractivity (Wildman–Crippen MR) is 71.6 cm³/mol. The molecule has 1 rings (SSSR count). The van der Waals surface area contributed by atoms with E-state index in [9.17, 15) is 4.79 Å². The summed E-state index contributed by atoms with van der Waals surface area (Å²) in [6.07, 6.45) is 6.99. The molecule has 0 aromatic carbocycles. The summed E-state index contributed by atoms with van der Waals surface area (Å²) in [5.41, 5.74) is 5.74. The van der Waals surface area contributed by atoms with Gasteiger partial charge in [0.25, 0.3) is 5.91 Å². The Morgan fingerprint density at radius 1 is 1.47 bits per heavy atom. The van der Waals surface area contributed by atoms with Crippen LogP contribution in [0, 0.1) is 0 Å². The minimum Gasteiger partial charge on any atom is -0.446 e. The van der Waals surface area contributed by atoms with Crippen LogP contribution in [-0.2, 0) is 0 Å². The number of aromatic nitrogens is 1. The SMILES string of the molecule is CCCCCCCNC(=O)c1coc(C(N)CO)n1. The predicted octanol–water partition coefficient (Wildman–Crippen LogP) is 1.37. The number of nitrogens with two attached hydrogens (primary N) is 1. The lowest BCUT2D eigenvalue weighted by Crippen LogP contribution is -2.25. The van der Waals surface area contributed by atoms with E-state index in [0.29, 0.717) is 6.54 Å². The van der Waals surface area contributed by atoms with Gasteiger partial charge in [-0.25, -0.2) is 4.98 Å². The van der Waals surface area contributed by atoms with Gasteiger partial charge in [-0.1, -0.05) is 32.6 Å². The molecular formula is C13H23N3O3. The van der Waals surface area contributed by atoms with Crippen LogP contribution in [0.3, 0.4) is 0 Å². The molecule has 19 heavy (non-hydrogen) atoms. The van der Waals surface area contributed by atoms with Gasteiger partial charge in [-0.05, 0) is 6.42 Å². The fourth-order valence-electron chi connectivity index (χ4n) is 1.66. The van der Waals surface area contributed by atoms with E-state index >= 15 is 0 Å². The second-order valence-corrected chi connectivity index (χ2v) is 4.53.